The van der Waals surface area contributed by atoms with Gasteiger partial charge in [0, 0.05) is 11.6 Å². The van der Waals surface area contributed by atoms with Gasteiger partial charge in [-0.25, -0.2) is 0 Å². The minimum absolute atomic E-state index is 0.278. The van der Waals surface area contributed by atoms with E-state index in [1.807, 2.05) is 12.1 Å². The van der Waals surface area contributed by atoms with Gasteiger partial charge in [-0.1, -0.05) is 12.1 Å². The molecule has 5 atom stereocenters. The predicted octanol–water partition coefficient (Wildman–Crippen LogP) is 3.53. The van der Waals surface area contributed by atoms with E-state index < -0.39 is 0 Å². The van der Waals surface area contributed by atoms with E-state index in [2.05, 4.69) is 25.2 Å². The van der Waals surface area contributed by atoms with Gasteiger partial charge >= 0.3 is 0 Å². The number of nitrogens with one attached hydrogen (secondary N) is 1. The van der Waals surface area contributed by atoms with Crippen LogP contribution in [0.5, 0.6) is 0 Å². The van der Waals surface area contributed by atoms with E-state index in [1.165, 1.54) is 30.4 Å². The number of aryl methyl sites for hydroxylation is 1. The lowest BCUT2D eigenvalue weighted by molar-refractivity contribution is -0.118. The van der Waals surface area contributed by atoms with E-state index in [1.54, 1.807) is 0 Å². The van der Waals surface area contributed by atoms with Gasteiger partial charge in [0.2, 0.25) is 5.91 Å². The summed E-state index contributed by atoms with van der Waals surface area (Å²) in [5, 5.41) is 3.17. The molecule has 1 aromatic rings. The van der Waals surface area contributed by atoms with Crippen LogP contribution in [0.25, 0.3) is 0 Å². The Bertz CT molecular complexity index is 534. The molecule has 3 fully saturated rings. The number of hydrogen-bond acceptors (Lipinski definition) is 1. The van der Waals surface area contributed by atoms with Gasteiger partial charge in [-0.3, -0.25) is 4.79 Å². The fourth-order valence-electron chi connectivity index (χ4n) is 4.78. The van der Waals surface area contributed by atoms with Crippen molar-refractivity contribution in [2.24, 2.45) is 29.6 Å². The quantitative estimate of drug-likeness (QED) is 0.860. The van der Waals surface area contributed by atoms with E-state index in [-0.39, 0.29) is 5.91 Å². The fraction of sp³-hybridized carbons (Fsp3) is 0.588. The average molecular weight is 255 g/mol. The van der Waals surface area contributed by atoms with Crippen molar-refractivity contribution in [2.45, 2.75) is 33.1 Å². The Morgan fingerprint density at radius 3 is 2.53 bits per heavy atom. The zero-order chi connectivity index (χ0) is 13.1. The van der Waals surface area contributed by atoms with Gasteiger partial charge in [0.05, 0.1) is 0 Å². The number of carbonyl (C=O) groups excluding carboxylic acids is 1. The predicted molar refractivity (Wildman–Crippen MR) is 75.8 cm³/mol. The molecular formula is C17H21NO. The molecule has 3 saturated carbocycles. The van der Waals surface area contributed by atoms with Crippen molar-refractivity contribution in [3.05, 3.63) is 29.3 Å². The van der Waals surface area contributed by atoms with Crippen molar-refractivity contribution in [3.63, 3.8) is 0 Å². The van der Waals surface area contributed by atoms with Crippen LogP contribution in [0.2, 0.25) is 0 Å². The largest absolute Gasteiger partial charge is 0.326 e. The molecule has 1 amide bonds. The Balaban J connectivity index is 1.50. The summed E-state index contributed by atoms with van der Waals surface area (Å²) in [4.78, 5) is 12.5. The Morgan fingerprint density at radius 2 is 1.84 bits per heavy atom. The zero-order valence-corrected chi connectivity index (χ0v) is 11.6. The van der Waals surface area contributed by atoms with Crippen molar-refractivity contribution < 1.29 is 4.79 Å². The van der Waals surface area contributed by atoms with Crippen LogP contribution in [-0.4, -0.2) is 5.91 Å². The molecule has 2 nitrogen and oxygen atoms in total. The lowest BCUT2D eigenvalue weighted by Crippen LogP contribution is -2.19. The van der Waals surface area contributed by atoms with Crippen LogP contribution in [-0.2, 0) is 4.79 Å². The second-order valence-electron chi connectivity index (χ2n) is 6.75. The van der Waals surface area contributed by atoms with Crippen LogP contribution in [0.3, 0.4) is 0 Å². The summed E-state index contributed by atoms with van der Waals surface area (Å²) in [7, 11) is 0. The van der Waals surface area contributed by atoms with Gasteiger partial charge in [0.25, 0.3) is 0 Å². The van der Waals surface area contributed by atoms with E-state index in [0.717, 1.165) is 29.4 Å². The Labute approximate surface area is 114 Å². The summed E-state index contributed by atoms with van der Waals surface area (Å²) >= 11 is 0. The lowest BCUT2D eigenvalue weighted by Gasteiger charge is -2.12. The first-order valence-electron chi connectivity index (χ1n) is 7.54. The van der Waals surface area contributed by atoms with Crippen molar-refractivity contribution in [1.82, 2.24) is 0 Å². The first kappa shape index (κ1) is 11.5. The maximum Gasteiger partial charge on any atom is 0.228 e. The van der Waals surface area contributed by atoms with Gasteiger partial charge in [-0.2, -0.15) is 0 Å². The number of fused-ring (bicyclic) bond motifs is 5. The van der Waals surface area contributed by atoms with Crippen molar-refractivity contribution >= 4 is 11.6 Å². The third kappa shape index (κ3) is 1.58. The van der Waals surface area contributed by atoms with E-state index in [4.69, 9.17) is 0 Å². The standard InChI is InChI=1S/C17H21NO/c1-9-4-3-5-13(10(9)2)18-17(19)16-14-11-6-7-12(8-11)15(14)16/h3-5,11-12,14-16H,6-8H2,1-2H3,(H,18,19)/t11-,12+,14-,15-,16?/m1/s1. The maximum atomic E-state index is 12.5. The monoisotopic (exact) mass is 255 g/mol. The van der Waals surface area contributed by atoms with Crippen LogP contribution in [0.1, 0.15) is 30.4 Å². The highest BCUT2D eigenvalue weighted by molar-refractivity contribution is 5.95. The van der Waals surface area contributed by atoms with Gasteiger partial charge in [-0.05, 0) is 74.0 Å². The third-order valence-electron chi connectivity index (χ3n) is 5.90. The summed E-state index contributed by atoms with van der Waals surface area (Å²) in [6.45, 7) is 4.18. The highest BCUT2D eigenvalue weighted by Gasteiger charge is 2.67. The van der Waals surface area contributed by atoms with Crippen LogP contribution in [0.15, 0.2) is 18.2 Å². The minimum Gasteiger partial charge on any atom is -0.326 e. The fourth-order valence-corrected chi connectivity index (χ4v) is 4.78. The summed E-state index contributed by atoms with van der Waals surface area (Å²) < 4.78 is 0. The number of anilines is 1. The summed E-state index contributed by atoms with van der Waals surface area (Å²) in [6.07, 6.45) is 4.15. The van der Waals surface area contributed by atoms with Gasteiger partial charge in [-0.15, -0.1) is 0 Å². The number of benzene rings is 1. The molecule has 19 heavy (non-hydrogen) atoms. The molecule has 4 rings (SSSR count). The molecule has 1 N–H and O–H groups in total. The van der Waals surface area contributed by atoms with Crippen molar-refractivity contribution in [3.8, 4) is 0 Å². The Morgan fingerprint density at radius 1 is 1.16 bits per heavy atom. The lowest BCUT2D eigenvalue weighted by atomic mass is 10.0. The normalized spacial score (nSPS) is 38.1. The first-order valence-corrected chi connectivity index (χ1v) is 7.54. The molecule has 2 bridgehead atoms. The summed E-state index contributed by atoms with van der Waals surface area (Å²) in [5.41, 5.74) is 3.45. The Kier molecular flexibility index (Phi) is 2.33. The number of amides is 1. The van der Waals surface area contributed by atoms with Crippen LogP contribution in [0.4, 0.5) is 5.69 Å². The molecule has 0 spiro atoms. The first-order chi connectivity index (χ1) is 9.16. The number of carbonyl (C=O) groups is 1. The molecule has 0 aromatic heterocycles. The highest BCUT2D eigenvalue weighted by Crippen LogP contribution is 2.69. The summed E-state index contributed by atoms with van der Waals surface area (Å²) in [6, 6.07) is 6.14. The topological polar surface area (TPSA) is 29.1 Å². The Hall–Kier alpha value is -1.31. The third-order valence-corrected chi connectivity index (χ3v) is 5.90. The molecular weight excluding hydrogens is 234 g/mol. The molecule has 0 aliphatic heterocycles. The van der Waals surface area contributed by atoms with Gasteiger partial charge in [0.15, 0.2) is 0 Å². The molecule has 3 aliphatic rings. The molecule has 3 aliphatic carbocycles. The van der Waals surface area contributed by atoms with Gasteiger partial charge in [0.1, 0.15) is 0 Å². The molecule has 1 aromatic carbocycles. The molecule has 0 heterocycles. The van der Waals surface area contributed by atoms with Crippen molar-refractivity contribution in [2.75, 3.05) is 5.32 Å². The van der Waals surface area contributed by atoms with Crippen LogP contribution < -0.4 is 5.32 Å². The molecule has 0 radical (unpaired) electrons. The minimum atomic E-state index is 0.278. The molecule has 1 unspecified atom stereocenters. The summed E-state index contributed by atoms with van der Waals surface area (Å²) in [5.74, 6) is 3.79. The van der Waals surface area contributed by atoms with Crippen LogP contribution >= 0.6 is 0 Å². The molecule has 0 saturated heterocycles. The second-order valence-corrected chi connectivity index (χ2v) is 6.75. The van der Waals surface area contributed by atoms with Crippen molar-refractivity contribution in [1.29, 1.82) is 0 Å². The average Bonchev–Trinajstić information content (AvgIpc) is 2.84. The SMILES string of the molecule is Cc1cccc(NC(=O)C2[C@@H]3[C@@H]4CC[C@@H](C4)[C@@H]23)c1C. The zero-order valence-electron chi connectivity index (χ0n) is 11.6. The smallest absolute Gasteiger partial charge is 0.228 e. The molecule has 100 valence electrons. The van der Waals surface area contributed by atoms with E-state index in [9.17, 15) is 4.79 Å². The van der Waals surface area contributed by atoms with Gasteiger partial charge < -0.3 is 5.32 Å². The van der Waals surface area contributed by atoms with E-state index >= 15 is 0 Å². The highest BCUT2D eigenvalue weighted by atomic mass is 16.2. The number of rotatable bonds is 2. The number of hydrogen-bond donors (Lipinski definition) is 1. The van der Waals surface area contributed by atoms with Crippen LogP contribution in [0, 0.1) is 43.4 Å². The second kappa shape index (κ2) is 3.84. The maximum absolute atomic E-state index is 12.5. The molecule has 2 heteroatoms. The van der Waals surface area contributed by atoms with E-state index in [0.29, 0.717) is 5.92 Å².